The van der Waals surface area contributed by atoms with Gasteiger partial charge in [-0.3, -0.25) is 9.59 Å². The first-order chi connectivity index (χ1) is 15.5. The van der Waals surface area contributed by atoms with Gasteiger partial charge in [0, 0.05) is 24.2 Å². The van der Waals surface area contributed by atoms with Crippen LogP contribution in [0.5, 0.6) is 0 Å². The van der Waals surface area contributed by atoms with E-state index in [9.17, 15) is 22.8 Å². The highest BCUT2D eigenvalue weighted by molar-refractivity contribution is 7.89. The maximum Gasteiger partial charge on any atom is 0.360 e. The molecular formula is C22H24N4O6S. The molecule has 1 atom stereocenters. The van der Waals surface area contributed by atoms with E-state index < -0.39 is 28.0 Å². The van der Waals surface area contributed by atoms with Crippen molar-refractivity contribution in [3.8, 4) is 0 Å². The Kier molecular flexibility index (Phi) is 6.94. The summed E-state index contributed by atoms with van der Waals surface area (Å²) in [6.07, 6.45) is -1.18. The summed E-state index contributed by atoms with van der Waals surface area (Å²) >= 11 is 0. The number of hydrogen-bond acceptors (Lipinski definition) is 7. The fourth-order valence-electron chi connectivity index (χ4n) is 3.06. The van der Waals surface area contributed by atoms with Crippen LogP contribution < -0.4 is 15.6 Å². The molecule has 1 heterocycles. The Morgan fingerprint density at radius 1 is 1.00 bits per heavy atom. The third kappa shape index (κ3) is 5.44. The highest BCUT2D eigenvalue weighted by Crippen LogP contribution is 2.17. The van der Waals surface area contributed by atoms with Gasteiger partial charge in [0.25, 0.3) is 11.5 Å². The van der Waals surface area contributed by atoms with E-state index in [0.717, 1.165) is 4.68 Å². The molecule has 1 amide bonds. The summed E-state index contributed by atoms with van der Waals surface area (Å²) in [6.45, 7) is 4.81. The monoisotopic (exact) mass is 472 g/mol. The van der Waals surface area contributed by atoms with Gasteiger partial charge in [0.1, 0.15) is 0 Å². The van der Waals surface area contributed by atoms with Crippen molar-refractivity contribution in [3.63, 3.8) is 0 Å². The Bertz CT molecular complexity index is 1360. The van der Waals surface area contributed by atoms with Gasteiger partial charge in [0.05, 0.1) is 10.3 Å². The van der Waals surface area contributed by atoms with Crippen molar-refractivity contribution in [2.45, 2.75) is 37.8 Å². The molecule has 0 spiro atoms. The number of hydrogen-bond donors (Lipinski definition) is 2. The van der Waals surface area contributed by atoms with Gasteiger partial charge in [0.15, 0.2) is 11.8 Å². The number of esters is 1. The van der Waals surface area contributed by atoms with Crippen LogP contribution in [0.25, 0.3) is 10.8 Å². The van der Waals surface area contributed by atoms with Crippen LogP contribution in [0.15, 0.2) is 58.2 Å². The van der Waals surface area contributed by atoms with Crippen LogP contribution in [0.3, 0.4) is 0 Å². The van der Waals surface area contributed by atoms with Crippen LogP contribution in [0.1, 0.15) is 31.3 Å². The molecule has 0 fully saturated rings. The molecule has 0 aliphatic carbocycles. The highest BCUT2D eigenvalue weighted by atomic mass is 32.2. The highest BCUT2D eigenvalue weighted by Gasteiger charge is 2.23. The first-order valence-electron chi connectivity index (χ1n) is 10.1. The quantitative estimate of drug-likeness (QED) is 0.500. The molecule has 0 saturated heterocycles. The number of rotatable bonds is 7. The average Bonchev–Trinajstić information content (AvgIpc) is 2.75. The van der Waals surface area contributed by atoms with Crippen molar-refractivity contribution < 1.29 is 22.7 Å². The Morgan fingerprint density at radius 3 is 2.21 bits per heavy atom. The van der Waals surface area contributed by atoms with E-state index >= 15 is 0 Å². The number of sulfonamides is 1. The lowest BCUT2D eigenvalue weighted by Crippen LogP contribution is -2.31. The summed E-state index contributed by atoms with van der Waals surface area (Å²) in [6, 6.07) is 11.8. The molecule has 10 nitrogen and oxygen atoms in total. The molecule has 33 heavy (non-hydrogen) atoms. The summed E-state index contributed by atoms with van der Waals surface area (Å²) < 4.78 is 33.2. The van der Waals surface area contributed by atoms with Gasteiger partial charge in [-0.05, 0) is 51.1 Å². The number of amides is 1. The first kappa shape index (κ1) is 24.1. The molecule has 3 aromatic rings. The van der Waals surface area contributed by atoms with Crippen molar-refractivity contribution in [3.05, 3.63) is 64.6 Å². The molecule has 2 aromatic carbocycles. The van der Waals surface area contributed by atoms with Crippen molar-refractivity contribution in [2.75, 3.05) is 5.32 Å². The average molecular weight is 473 g/mol. The smallest absolute Gasteiger partial charge is 0.360 e. The summed E-state index contributed by atoms with van der Waals surface area (Å²) in [5.41, 5.74) is -0.112. The summed E-state index contributed by atoms with van der Waals surface area (Å²) in [5.74, 6) is -1.47. The molecule has 3 rings (SSSR count). The number of anilines is 1. The fraction of sp³-hybridized carbons (Fsp3) is 0.273. The number of carbonyl (C=O) groups excluding carboxylic acids is 2. The lowest BCUT2D eigenvalue weighted by Gasteiger charge is -2.15. The van der Waals surface area contributed by atoms with Crippen LogP contribution in [0.4, 0.5) is 5.69 Å². The van der Waals surface area contributed by atoms with E-state index in [0.29, 0.717) is 16.5 Å². The zero-order valence-electron chi connectivity index (χ0n) is 18.5. The second-order valence-corrected chi connectivity index (χ2v) is 9.37. The Morgan fingerprint density at radius 2 is 1.61 bits per heavy atom. The summed E-state index contributed by atoms with van der Waals surface area (Å²) in [4.78, 5) is 37.4. The molecule has 1 unspecified atom stereocenters. The Balaban J connectivity index is 1.72. The molecule has 2 N–H and O–H groups in total. The normalized spacial score (nSPS) is 12.5. The van der Waals surface area contributed by atoms with Crippen molar-refractivity contribution in [1.82, 2.24) is 14.5 Å². The van der Waals surface area contributed by atoms with Crippen LogP contribution in [0, 0.1) is 0 Å². The predicted octanol–water partition coefficient (Wildman–Crippen LogP) is 1.80. The number of fused-ring (bicyclic) bond motifs is 1. The number of ether oxygens (including phenoxy) is 1. The topological polar surface area (TPSA) is 136 Å². The number of nitrogens with zero attached hydrogens (tertiary/aromatic N) is 2. The molecule has 0 radical (unpaired) electrons. The maximum atomic E-state index is 12.7. The lowest BCUT2D eigenvalue weighted by atomic mass is 10.1. The summed E-state index contributed by atoms with van der Waals surface area (Å²) in [5, 5.41) is 7.18. The van der Waals surface area contributed by atoms with Crippen molar-refractivity contribution in [1.29, 1.82) is 0 Å². The third-order valence-electron chi connectivity index (χ3n) is 4.63. The minimum Gasteiger partial charge on any atom is -0.448 e. The molecule has 174 valence electrons. The third-order valence-corrected chi connectivity index (χ3v) is 6.30. The van der Waals surface area contributed by atoms with Gasteiger partial charge in [-0.1, -0.05) is 18.2 Å². The SMILES string of the molecule is CC(C)NS(=O)(=O)c1ccc(NC(=O)C(C)OC(=O)c2nn(C)c(=O)c3ccccc23)cc1. The first-order valence-corrected chi connectivity index (χ1v) is 11.6. The van der Waals surface area contributed by atoms with Crippen LogP contribution in [-0.2, 0) is 26.6 Å². The number of benzene rings is 2. The van der Waals surface area contributed by atoms with Gasteiger partial charge in [-0.25, -0.2) is 22.6 Å². The zero-order valence-corrected chi connectivity index (χ0v) is 19.3. The fourth-order valence-corrected chi connectivity index (χ4v) is 4.31. The second kappa shape index (κ2) is 9.51. The van der Waals surface area contributed by atoms with Gasteiger partial charge in [-0.15, -0.1) is 0 Å². The molecule has 0 aliphatic heterocycles. The second-order valence-electron chi connectivity index (χ2n) is 7.66. The number of nitrogens with one attached hydrogen (secondary N) is 2. The Hall–Kier alpha value is -3.57. The lowest BCUT2D eigenvalue weighted by molar-refractivity contribution is -0.123. The van der Waals surface area contributed by atoms with Crippen LogP contribution >= 0.6 is 0 Å². The van der Waals surface area contributed by atoms with Gasteiger partial charge >= 0.3 is 5.97 Å². The summed E-state index contributed by atoms with van der Waals surface area (Å²) in [7, 11) is -2.24. The predicted molar refractivity (Wildman–Crippen MR) is 122 cm³/mol. The molecule has 1 aromatic heterocycles. The molecule has 11 heteroatoms. The largest absolute Gasteiger partial charge is 0.448 e. The van der Waals surface area contributed by atoms with Gasteiger partial charge in [0.2, 0.25) is 10.0 Å². The molecule has 0 saturated carbocycles. The van der Waals surface area contributed by atoms with E-state index in [4.69, 9.17) is 4.74 Å². The Labute approximate surface area is 190 Å². The molecule has 0 aliphatic rings. The van der Waals surface area contributed by atoms with E-state index in [-0.39, 0.29) is 22.2 Å². The van der Waals surface area contributed by atoms with Crippen LogP contribution in [-0.4, -0.2) is 42.2 Å². The van der Waals surface area contributed by atoms with Crippen molar-refractivity contribution >= 4 is 38.4 Å². The van der Waals surface area contributed by atoms with E-state index in [1.54, 1.807) is 38.1 Å². The van der Waals surface area contributed by atoms with E-state index in [2.05, 4.69) is 15.1 Å². The van der Waals surface area contributed by atoms with E-state index in [1.165, 1.54) is 38.2 Å². The standard InChI is InChI=1S/C22H24N4O6S/c1-13(2)25-33(30,31)16-11-9-15(10-12-16)23-20(27)14(3)32-22(29)19-17-7-5-6-8-18(17)21(28)26(4)24-19/h5-14,25H,1-4H3,(H,23,27). The minimum absolute atomic E-state index is 0.0568. The van der Waals surface area contributed by atoms with E-state index in [1.807, 2.05) is 0 Å². The number of aryl methyl sites for hydroxylation is 1. The number of carbonyl (C=O) groups is 2. The molecular weight excluding hydrogens is 448 g/mol. The van der Waals surface area contributed by atoms with Crippen LogP contribution in [0.2, 0.25) is 0 Å². The number of aromatic nitrogens is 2. The maximum absolute atomic E-state index is 12.7. The van der Waals surface area contributed by atoms with Gasteiger partial charge in [-0.2, -0.15) is 5.10 Å². The molecule has 0 bridgehead atoms. The van der Waals surface area contributed by atoms with Crippen molar-refractivity contribution in [2.24, 2.45) is 7.05 Å². The zero-order chi connectivity index (χ0) is 24.3. The minimum atomic E-state index is -3.66. The van der Waals surface area contributed by atoms with Gasteiger partial charge < -0.3 is 10.1 Å².